The van der Waals surface area contributed by atoms with E-state index in [2.05, 4.69) is 26.0 Å². The predicted molar refractivity (Wildman–Crippen MR) is 70.6 cm³/mol. The summed E-state index contributed by atoms with van der Waals surface area (Å²) in [6, 6.07) is 7.82. The Hall–Kier alpha value is -1.40. The van der Waals surface area contributed by atoms with Crippen LogP contribution in [0, 0.1) is 0 Å². The molecule has 86 valence electrons. The second-order valence-corrected chi connectivity index (χ2v) is 5.64. The first-order valence-corrected chi connectivity index (χ1v) is 6.54. The van der Waals surface area contributed by atoms with Gasteiger partial charge in [-0.2, -0.15) is 0 Å². The molecule has 0 atom stereocenters. The molecule has 0 unspecified atom stereocenters. The van der Waals surface area contributed by atoms with E-state index in [9.17, 15) is 0 Å². The first-order chi connectivity index (χ1) is 8.28. The molecular weight excluding hydrogens is 302 g/mol. The van der Waals surface area contributed by atoms with E-state index in [1.54, 1.807) is 11.6 Å². The number of benzene rings is 1. The number of rotatable bonds is 2. The van der Waals surface area contributed by atoms with E-state index in [4.69, 9.17) is 4.74 Å². The van der Waals surface area contributed by atoms with Gasteiger partial charge in [0.2, 0.25) is 4.96 Å². The number of aromatic nitrogens is 3. The van der Waals surface area contributed by atoms with E-state index >= 15 is 0 Å². The van der Waals surface area contributed by atoms with E-state index in [0.29, 0.717) is 0 Å². The highest BCUT2D eigenvalue weighted by Crippen LogP contribution is 2.30. The first-order valence-electron chi connectivity index (χ1n) is 4.93. The van der Waals surface area contributed by atoms with Gasteiger partial charge in [0.25, 0.3) is 0 Å². The van der Waals surface area contributed by atoms with Crippen molar-refractivity contribution < 1.29 is 4.74 Å². The SMILES string of the molecule is COc1ccccc1-c1cn2nc(Br)sc2n1. The zero-order valence-corrected chi connectivity index (χ0v) is 11.3. The molecule has 0 N–H and O–H groups in total. The van der Waals surface area contributed by atoms with Crippen molar-refractivity contribution in [1.29, 1.82) is 0 Å². The van der Waals surface area contributed by atoms with Crippen LogP contribution in [0.4, 0.5) is 0 Å². The number of nitrogens with zero attached hydrogens (tertiary/aromatic N) is 3. The summed E-state index contributed by atoms with van der Waals surface area (Å²) in [6.45, 7) is 0. The highest BCUT2D eigenvalue weighted by atomic mass is 79.9. The third-order valence-corrected chi connectivity index (χ3v) is 3.76. The molecule has 2 heterocycles. The van der Waals surface area contributed by atoms with Crippen LogP contribution in [-0.2, 0) is 0 Å². The lowest BCUT2D eigenvalue weighted by Crippen LogP contribution is -1.87. The van der Waals surface area contributed by atoms with E-state index < -0.39 is 0 Å². The fourth-order valence-electron chi connectivity index (χ4n) is 1.66. The summed E-state index contributed by atoms with van der Waals surface area (Å²) in [4.78, 5) is 5.38. The quantitative estimate of drug-likeness (QED) is 0.729. The van der Waals surface area contributed by atoms with Crippen LogP contribution in [-0.4, -0.2) is 21.7 Å². The number of fused-ring (bicyclic) bond motifs is 1. The van der Waals surface area contributed by atoms with Crippen LogP contribution in [0.2, 0.25) is 0 Å². The highest BCUT2D eigenvalue weighted by Gasteiger charge is 2.11. The molecule has 0 saturated heterocycles. The van der Waals surface area contributed by atoms with Crippen molar-refractivity contribution in [3.05, 3.63) is 34.4 Å². The second-order valence-electron chi connectivity index (χ2n) is 3.41. The van der Waals surface area contributed by atoms with Crippen molar-refractivity contribution in [2.45, 2.75) is 0 Å². The molecule has 0 bridgehead atoms. The van der Waals surface area contributed by atoms with Gasteiger partial charge >= 0.3 is 0 Å². The Morgan fingerprint density at radius 1 is 1.35 bits per heavy atom. The average Bonchev–Trinajstić information content (AvgIpc) is 2.86. The van der Waals surface area contributed by atoms with Crippen molar-refractivity contribution in [3.63, 3.8) is 0 Å². The molecule has 17 heavy (non-hydrogen) atoms. The third kappa shape index (κ3) is 1.83. The molecule has 6 heteroatoms. The number of ether oxygens (including phenoxy) is 1. The molecule has 0 fully saturated rings. The Morgan fingerprint density at radius 2 is 2.18 bits per heavy atom. The summed E-state index contributed by atoms with van der Waals surface area (Å²) < 4.78 is 7.91. The minimum absolute atomic E-state index is 0.817. The lowest BCUT2D eigenvalue weighted by molar-refractivity contribution is 0.416. The van der Waals surface area contributed by atoms with Crippen molar-refractivity contribution in [3.8, 4) is 17.0 Å². The molecule has 0 radical (unpaired) electrons. The molecule has 0 amide bonds. The van der Waals surface area contributed by atoms with Crippen LogP contribution in [0.3, 0.4) is 0 Å². The second kappa shape index (κ2) is 4.12. The van der Waals surface area contributed by atoms with Gasteiger partial charge in [0.05, 0.1) is 19.0 Å². The molecule has 3 rings (SSSR count). The molecule has 0 aliphatic rings. The summed E-state index contributed by atoms with van der Waals surface area (Å²) in [7, 11) is 1.66. The molecule has 4 nitrogen and oxygen atoms in total. The average molecular weight is 310 g/mol. The number of imidazole rings is 1. The van der Waals surface area contributed by atoms with E-state index in [-0.39, 0.29) is 0 Å². The number of hydrogen-bond donors (Lipinski definition) is 0. The lowest BCUT2D eigenvalue weighted by Gasteiger charge is -2.04. The standard InChI is InChI=1S/C11H8BrN3OS/c1-16-9-5-3-2-4-7(9)8-6-15-11(13-8)17-10(12)14-15/h2-6H,1H3. The molecular formula is C11H8BrN3OS. The van der Waals surface area contributed by atoms with Gasteiger partial charge in [-0.1, -0.05) is 23.5 Å². The number of methoxy groups -OCH3 is 1. The smallest absolute Gasteiger partial charge is 0.213 e. The Bertz CT molecular complexity index is 645. The van der Waals surface area contributed by atoms with Gasteiger partial charge in [-0.05, 0) is 28.1 Å². The fourth-order valence-corrected chi connectivity index (χ4v) is 2.88. The predicted octanol–water partition coefficient (Wildman–Crippen LogP) is 3.23. The maximum Gasteiger partial charge on any atom is 0.213 e. The summed E-state index contributed by atoms with van der Waals surface area (Å²) in [6.07, 6.45) is 1.90. The van der Waals surface area contributed by atoms with Crippen LogP contribution >= 0.6 is 27.3 Å². The summed E-state index contributed by atoms with van der Waals surface area (Å²) in [5, 5.41) is 4.26. The van der Waals surface area contributed by atoms with Crippen molar-refractivity contribution in [1.82, 2.24) is 14.6 Å². The van der Waals surface area contributed by atoms with Crippen LogP contribution in [0.5, 0.6) is 5.75 Å². The highest BCUT2D eigenvalue weighted by molar-refractivity contribution is 9.11. The maximum atomic E-state index is 5.32. The Labute approximate surface area is 110 Å². The molecule has 0 aliphatic heterocycles. The summed E-state index contributed by atoms with van der Waals surface area (Å²) in [5.74, 6) is 0.817. The normalized spacial score (nSPS) is 10.9. The molecule has 0 saturated carbocycles. The minimum Gasteiger partial charge on any atom is -0.496 e. The van der Waals surface area contributed by atoms with Gasteiger partial charge in [-0.15, -0.1) is 5.10 Å². The Kier molecular flexibility index (Phi) is 2.60. The van der Waals surface area contributed by atoms with Crippen LogP contribution < -0.4 is 4.74 Å². The van der Waals surface area contributed by atoms with E-state index in [1.807, 2.05) is 30.5 Å². The van der Waals surface area contributed by atoms with Gasteiger partial charge in [0.1, 0.15) is 5.75 Å². The maximum absolute atomic E-state index is 5.32. The molecule has 1 aromatic carbocycles. The van der Waals surface area contributed by atoms with E-state index in [0.717, 1.165) is 25.9 Å². The largest absolute Gasteiger partial charge is 0.496 e. The van der Waals surface area contributed by atoms with Crippen molar-refractivity contribution >= 4 is 32.2 Å². The Balaban J connectivity index is 2.16. The molecule has 2 aromatic heterocycles. The van der Waals surface area contributed by atoms with Gasteiger partial charge in [0, 0.05) is 5.56 Å². The molecule has 3 aromatic rings. The number of halogens is 1. The number of para-hydroxylation sites is 1. The van der Waals surface area contributed by atoms with Crippen LogP contribution in [0.1, 0.15) is 0 Å². The fraction of sp³-hybridized carbons (Fsp3) is 0.0909. The lowest BCUT2D eigenvalue weighted by atomic mass is 10.1. The van der Waals surface area contributed by atoms with Gasteiger partial charge in [-0.3, -0.25) is 0 Å². The molecule has 0 spiro atoms. The summed E-state index contributed by atoms with van der Waals surface area (Å²) >= 11 is 4.83. The van der Waals surface area contributed by atoms with Gasteiger partial charge < -0.3 is 4.74 Å². The molecule has 0 aliphatic carbocycles. The van der Waals surface area contributed by atoms with Crippen molar-refractivity contribution in [2.75, 3.05) is 7.11 Å². The van der Waals surface area contributed by atoms with Crippen molar-refractivity contribution in [2.24, 2.45) is 0 Å². The third-order valence-electron chi connectivity index (χ3n) is 2.40. The minimum atomic E-state index is 0.817. The topological polar surface area (TPSA) is 39.4 Å². The van der Waals surface area contributed by atoms with Gasteiger partial charge in [-0.25, -0.2) is 9.50 Å². The van der Waals surface area contributed by atoms with Crippen LogP contribution in [0.25, 0.3) is 16.2 Å². The summed E-state index contributed by atoms with van der Waals surface area (Å²) in [5.41, 5.74) is 1.84. The number of hydrogen-bond acceptors (Lipinski definition) is 4. The van der Waals surface area contributed by atoms with Crippen LogP contribution in [0.15, 0.2) is 34.4 Å². The Morgan fingerprint density at radius 3 is 2.94 bits per heavy atom. The zero-order chi connectivity index (χ0) is 11.8. The first kappa shape index (κ1) is 10.7. The zero-order valence-electron chi connectivity index (χ0n) is 8.92. The van der Waals surface area contributed by atoms with Gasteiger partial charge in [0.15, 0.2) is 3.92 Å². The van der Waals surface area contributed by atoms with E-state index in [1.165, 1.54) is 11.3 Å². The monoisotopic (exact) mass is 309 g/mol.